The number of ether oxygens (including phenoxy) is 1. The number of rotatable bonds is 5. The van der Waals surface area contributed by atoms with Crippen LogP contribution >= 0.6 is 0 Å². The van der Waals surface area contributed by atoms with Gasteiger partial charge in [0, 0.05) is 12.6 Å². The molecule has 3 fully saturated rings. The summed E-state index contributed by atoms with van der Waals surface area (Å²) in [4.78, 5) is 41.5. The van der Waals surface area contributed by atoms with Crippen molar-refractivity contribution in [3.05, 3.63) is 29.8 Å². The fourth-order valence-corrected chi connectivity index (χ4v) is 4.60. The van der Waals surface area contributed by atoms with Gasteiger partial charge in [-0.15, -0.1) is 0 Å². The van der Waals surface area contributed by atoms with E-state index in [1.54, 1.807) is 38.3 Å². The molecule has 0 aromatic heterocycles. The fraction of sp³-hybridized carbons (Fsp3) is 0.571. The summed E-state index contributed by atoms with van der Waals surface area (Å²) in [6.07, 6.45) is 5.60. The number of nitrogens with one attached hydrogen (secondary N) is 1. The molecule has 2 atom stereocenters. The van der Waals surface area contributed by atoms with E-state index in [0.717, 1.165) is 24.3 Å². The first kappa shape index (κ1) is 18.8. The van der Waals surface area contributed by atoms with E-state index in [1.165, 1.54) is 19.3 Å². The molecule has 7 heteroatoms. The molecule has 1 aromatic rings. The average molecular weight is 385 g/mol. The van der Waals surface area contributed by atoms with Crippen molar-refractivity contribution in [2.24, 2.45) is 5.92 Å². The largest absolute Gasteiger partial charge is 0.497 e. The van der Waals surface area contributed by atoms with Gasteiger partial charge in [-0.1, -0.05) is 18.6 Å². The van der Waals surface area contributed by atoms with Gasteiger partial charge in [0.2, 0.25) is 5.91 Å². The number of nitrogens with zero attached hydrogens (tertiary/aromatic N) is 2. The number of carbonyl (C=O) groups is 3. The minimum Gasteiger partial charge on any atom is -0.497 e. The van der Waals surface area contributed by atoms with Crippen LogP contribution in [0.25, 0.3) is 0 Å². The van der Waals surface area contributed by atoms with Crippen molar-refractivity contribution < 1.29 is 19.1 Å². The van der Waals surface area contributed by atoms with Gasteiger partial charge in [-0.25, -0.2) is 4.79 Å². The molecule has 1 aliphatic carbocycles. The lowest BCUT2D eigenvalue weighted by Crippen LogP contribution is -2.48. The van der Waals surface area contributed by atoms with Crippen molar-refractivity contribution in [3.8, 4) is 5.75 Å². The Morgan fingerprint density at radius 2 is 1.89 bits per heavy atom. The maximum Gasteiger partial charge on any atom is 0.325 e. The molecule has 2 aliphatic heterocycles. The summed E-state index contributed by atoms with van der Waals surface area (Å²) in [7, 11) is 1.57. The summed E-state index contributed by atoms with van der Waals surface area (Å²) in [5.74, 6) is 0.735. The minimum atomic E-state index is -1.18. The summed E-state index contributed by atoms with van der Waals surface area (Å²) >= 11 is 0. The van der Waals surface area contributed by atoms with E-state index in [9.17, 15) is 14.4 Å². The fourth-order valence-electron chi connectivity index (χ4n) is 4.60. The van der Waals surface area contributed by atoms with Crippen LogP contribution in [0, 0.1) is 5.92 Å². The Morgan fingerprint density at radius 1 is 1.18 bits per heavy atom. The first-order valence-electron chi connectivity index (χ1n) is 10.0. The first-order valence-corrected chi connectivity index (χ1v) is 10.0. The van der Waals surface area contributed by atoms with Crippen LogP contribution < -0.4 is 10.1 Å². The number of amides is 4. The van der Waals surface area contributed by atoms with Crippen LogP contribution in [0.4, 0.5) is 4.79 Å². The summed E-state index contributed by atoms with van der Waals surface area (Å²) in [5.41, 5.74) is -0.516. The number of methoxy groups -OCH3 is 1. The normalized spacial score (nSPS) is 27.7. The highest BCUT2D eigenvalue weighted by Gasteiger charge is 2.50. The summed E-state index contributed by atoms with van der Waals surface area (Å²) in [6, 6.07) is 6.78. The van der Waals surface area contributed by atoms with Crippen LogP contribution in [0.3, 0.4) is 0 Å². The second kappa shape index (κ2) is 7.11. The zero-order chi connectivity index (χ0) is 19.9. The summed E-state index contributed by atoms with van der Waals surface area (Å²) < 4.78 is 5.15. The highest BCUT2D eigenvalue weighted by molar-refractivity contribution is 6.09. The van der Waals surface area contributed by atoms with Crippen LogP contribution in [0.15, 0.2) is 24.3 Å². The van der Waals surface area contributed by atoms with E-state index in [4.69, 9.17) is 4.74 Å². The Labute approximate surface area is 165 Å². The molecule has 0 bridgehead atoms. The lowest BCUT2D eigenvalue weighted by Gasteiger charge is -2.37. The molecular weight excluding hydrogens is 358 g/mol. The Balaban J connectivity index is 1.48. The van der Waals surface area contributed by atoms with Gasteiger partial charge in [-0.3, -0.25) is 14.5 Å². The monoisotopic (exact) mass is 385 g/mol. The van der Waals surface area contributed by atoms with Crippen molar-refractivity contribution in [2.45, 2.75) is 50.6 Å². The molecule has 2 heterocycles. The number of hydrogen-bond acceptors (Lipinski definition) is 4. The molecule has 28 heavy (non-hydrogen) atoms. The maximum atomic E-state index is 13.1. The topological polar surface area (TPSA) is 79.0 Å². The number of likely N-dealkylation sites (tertiary alicyclic amines) is 1. The average Bonchev–Trinajstić information content (AvgIpc) is 3.20. The zero-order valence-corrected chi connectivity index (χ0v) is 16.4. The Kier molecular flexibility index (Phi) is 4.77. The van der Waals surface area contributed by atoms with Gasteiger partial charge in [0.05, 0.1) is 7.11 Å². The highest BCUT2D eigenvalue weighted by atomic mass is 16.5. The molecule has 1 N–H and O–H groups in total. The van der Waals surface area contributed by atoms with E-state index < -0.39 is 17.5 Å². The lowest BCUT2D eigenvalue weighted by molar-refractivity contribution is -0.140. The Hall–Kier alpha value is -2.57. The molecule has 2 saturated heterocycles. The summed E-state index contributed by atoms with van der Waals surface area (Å²) in [6.45, 7) is 2.20. The number of imide groups is 1. The molecule has 4 amide bonds. The molecule has 0 spiro atoms. The Bertz CT molecular complexity index is 789. The van der Waals surface area contributed by atoms with Crippen LogP contribution in [-0.2, 0) is 15.1 Å². The van der Waals surface area contributed by atoms with Gasteiger partial charge in [0.25, 0.3) is 5.91 Å². The van der Waals surface area contributed by atoms with Crippen LogP contribution in [0.1, 0.15) is 44.6 Å². The first-order chi connectivity index (χ1) is 13.4. The number of benzene rings is 1. The van der Waals surface area contributed by atoms with Crippen molar-refractivity contribution in [2.75, 3.05) is 20.2 Å². The molecule has 3 aliphatic rings. The minimum absolute atomic E-state index is 0.128. The van der Waals surface area contributed by atoms with Crippen molar-refractivity contribution in [1.29, 1.82) is 0 Å². The van der Waals surface area contributed by atoms with Gasteiger partial charge >= 0.3 is 6.03 Å². The second-order valence-corrected chi connectivity index (χ2v) is 8.16. The van der Waals surface area contributed by atoms with E-state index in [-0.39, 0.29) is 18.5 Å². The highest BCUT2D eigenvalue weighted by Crippen LogP contribution is 2.37. The van der Waals surface area contributed by atoms with E-state index in [0.29, 0.717) is 17.2 Å². The SMILES string of the molecule is COc1ccc([C@]2(C)NC(=O)N(CC(=O)N3CCC[C@@H]3C3CCC3)C2=O)cc1. The smallest absolute Gasteiger partial charge is 0.325 e. The van der Waals surface area contributed by atoms with Crippen LogP contribution in [0.2, 0.25) is 0 Å². The lowest BCUT2D eigenvalue weighted by atomic mass is 9.79. The van der Waals surface area contributed by atoms with Gasteiger partial charge in [-0.05, 0) is 56.2 Å². The van der Waals surface area contributed by atoms with Crippen molar-refractivity contribution in [1.82, 2.24) is 15.1 Å². The quantitative estimate of drug-likeness (QED) is 0.789. The van der Waals surface area contributed by atoms with Crippen molar-refractivity contribution >= 4 is 17.8 Å². The third-order valence-corrected chi connectivity index (χ3v) is 6.55. The third-order valence-electron chi connectivity index (χ3n) is 6.55. The van der Waals surface area contributed by atoms with Crippen LogP contribution in [0.5, 0.6) is 5.75 Å². The van der Waals surface area contributed by atoms with E-state index >= 15 is 0 Å². The predicted molar refractivity (Wildman–Crippen MR) is 103 cm³/mol. The van der Waals surface area contributed by atoms with Gasteiger partial charge in [0.15, 0.2) is 0 Å². The van der Waals surface area contributed by atoms with Crippen LogP contribution in [-0.4, -0.2) is 53.9 Å². The molecule has 7 nitrogen and oxygen atoms in total. The Morgan fingerprint density at radius 3 is 2.50 bits per heavy atom. The number of carbonyl (C=O) groups excluding carboxylic acids is 3. The molecular formula is C21H27N3O4. The second-order valence-electron chi connectivity index (χ2n) is 8.16. The molecule has 0 unspecified atom stereocenters. The molecule has 150 valence electrons. The van der Waals surface area contributed by atoms with Crippen molar-refractivity contribution in [3.63, 3.8) is 0 Å². The van der Waals surface area contributed by atoms with E-state index in [1.807, 2.05) is 4.90 Å². The maximum absolute atomic E-state index is 13.1. The molecule has 4 rings (SSSR count). The standard InChI is InChI=1S/C21H27N3O4/c1-21(15-8-10-16(28-2)11-9-15)19(26)24(20(27)22-21)13-18(25)23-12-4-7-17(23)14-5-3-6-14/h8-11,14,17H,3-7,12-13H2,1-2H3,(H,22,27)/t17-,21+/m1/s1. The molecule has 0 radical (unpaired) electrons. The van der Waals surface area contributed by atoms with E-state index in [2.05, 4.69) is 5.32 Å². The predicted octanol–water partition coefficient (Wildman–Crippen LogP) is 2.25. The molecule has 1 aromatic carbocycles. The zero-order valence-electron chi connectivity index (χ0n) is 16.4. The summed E-state index contributed by atoms with van der Waals surface area (Å²) in [5, 5.41) is 2.76. The van der Waals surface area contributed by atoms with Gasteiger partial charge in [0.1, 0.15) is 17.8 Å². The number of hydrogen-bond donors (Lipinski definition) is 1. The van der Waals surface area contributed by atoms with Gasteiger partial charge in [-0.2, -0.15) is 0 Å². The van der Waals surface area contributed by atoms with Gasteiger partial charge < -0.3 is 15.0 Å². The third kappa shape index (κ3) is 3.02. The number of urea groups is 1. The molecule has 1 saturated carbocycles.